The van der Waals surface area contributed by atoms with Gasteiger partial charge in [-0.05, 0) is 43.7 Å². The summed E-state index contributed by atoms with van der Waals surface area (Å²) in [4.78, 5) is 0. The Morgan fingerprint density at radius 1 is 1.18 bits per heavy atom. The van der Waals surface area contributed by atoms with Crippen LogP contribution in [0.5, 0.6) is 0 Å². The number of piperidine rings is 1. The number of benzene rings is 1. The predicted octanol–water partition coefficient (Wildman–Crippen LogP) is 3.88. The molecule has 1 aliphatic heterocycles. The summed E-state index contributed by atoms with van der Waals surface area (Å²) in [5, 5.41) is 3.57. The molecule has 1 aromatic rings. The largest absolute Gasteiger partial charge is 0.316 e. The maximum Gasteiger partial charge on any atom is 0.00255 e. The van der Waals surface area contributed by atoms with Crippen molar-refractivity contribution in [3.8, 4) is 0 Å². The van der Waals surface area contributed by atoms with Crippen LogP contribution < -0.4 is 5.32 Å². The lowest BCUT2D eigenvalue weighted by atomic mass is 9.65. The van der Waals surface area contributed by atoms with Crippen molar-refractivity contribution in [3.05, 3.63) is 35.4 Å². The van der Waals surface area contributed by atoms with Crippen LogP contribution in [0.25, 0.3) is 0 Å². The lowest BCUT2D eigenvalue weighted by molar-refractivity contribution is 0.148. The van der Waals surface area contributed by atoms with Gasteiger partial charge in [0.05, 0.1) is 0 Å². The van der Waals surface area contributed by atoms with E-state index in [-0.39, 0.29) is 0 Å². The average molecular weight is 231 g/mol. The Labute approximate surface area is 106 Å². The topological polar surface area (TPSA) is 12.0 Å². The summed E-state index contributed by atoms with van der Waals surface area (Å²) in [6, 6.07) is 9.15. The van der Waals surface area contributed by atoms with E-state index in [1.807, 2.05) is 0 Å². The van der Waals surface area contributed by atoms with Crippen molar-refractivity contribution >= 4 is 0 Å². The van der Waals surface area contributed by atoms with Gasteiger partial charge in [0.15, 0.2) is 0 Å². The van der Waals surface area contributed by atoms with E-state index in [0.29, 0.717) is 11.3 Å². The molecule has 0 aliphatic carbocycles. The number of rotatable bonds is 3. The second kappa shape index (κ2) is 5.22. The fourth-order valence-corrected chi connectivity index (χ4v) is 3.34. The van der Waals surface area contributed by atoms with Gasteiger partial charge in [0.1, 0.15) is 0 Å². The number of nitrogens with one attached hydrogen (secondary N) is 1. The van der Waals surface area contributed by atoms with Crippen molar-refractivity contribution in [2.24, 2.45) is 5.41 Å². The molecule has 17 heavy (non-hydrogen) atoms. The minimum Gasteiger partial charge on any atom is -0.316 e. The molecule has 0 aromatic heterocycles. The highest BCUT2D eigenvalue weighted by atomic mass is 14.9. The Morgan fingerprint density at radius 2 is 1.82 bits per heavy atom. The summed E-state index contributed by atoms with van der Waals surface area (Å²) in [6.45, 7) is 9.20. The van der Waals surface area contributed by atoms with Gasteiger partial charge < -0.3 is 5.32 Å². The van der Waals surface area contributed by atoms with Crippen LogP contribution in [0, 0.1) is 12.3 Å². The van der Waals surface area contributed by atoms with Crippen molar-refractivity contribution in [2.45, 2.75) is 46.0 Å². The molecule has 0 radical (unpaired) electrons. The van der Waals surface area contributed by atoms with Crippen LogP contribution in [0.15, 0.2) is 24.3 Å². The van der Waals surface area contributed by atoms with Crippen LogP contribution in [0.2, 0.25) is 0 Å². The highest BCUT2D eigenvalue weighted by Crippen LogP contribution is 2.46. The van der Waals surface area contributed by atoms with Crippen LogP contribution in [0.1, 0.15) is 50.2 Å². The molecule has 1 N–H and O–H groups in total. The Morgan fingerprint density at radius 3 is 2.41 bits per heavy atom. The first-order chi connectivity index (χ1) is 8.22. The van der Waals surface area contributed by atoms with Gasteiger partial charge in [0, 0.05) is 12.5 Å². The molecule has 0 spiro atoms. The van der Waals surface area contributed by atoms with E-state index >= 15 is 0 Å². The third-order valence-corrected chi connectivity index (χ3v) is 4.78. The molecule has 94 valence electrons. The van der Waals surface area contributed by atoms with Crippen molar-refractivity contribution in [1.82, 2.24) is 5.32 Å². The normalized spacial score (nSPS) is 23.6. The minimum atomic E-state index is 0.514. The van der Waals surface area contributed by atoms with E-state index in [1.165, 1.54) is 36.9 Å². The second-order valence-corrected chi connectivity index (χ2v) is 5.49. The summed E-state index contributed by atoms with van der Waals surface area (Å²) in [5.41, 5.74) is 3.39. The number of aryl methyl sites for hydroxylation is 1. The summed E-state index contributed by atoms with van der Waals surface area (Å²) < 4.78 is 0. The van der Waals surface area contributed by atoms with Gasteiger partial charge in [0.25, 0.3) is 0 Å². The second-order valence-electron chi connectivity index (χ2n) is 5.49. The molecule has 0 saturated carbocycles. The average Bonchev–Trinajstić information content (AvgIpc) is 2.39. The lowest BCUT2D eigenvalue weighted by Gasteiger charge is -2.44. The number of hydrogen-bond acceptors (Lipinski definition) is 1. The predicted molar refractivity (Wildman–Crippen MR) is 74.4 cm³/mol. The van der Waals surface area contributed by atoms with Crippen LogP contribution in [0.4, 0.5) is 0 Å². The molecule has 1 unspecified atom stereocenters. The van der Waals surface area contributed by atoms with Gasteiger partial charge >= 0.3 is 0 Å². The fourth-order valence-electron chi connectivity index (χ4n) is 3.34. The monoisotopic (exact) mass is 231 g/mol. The molecule has 0 amide bonds. The van der Waals surface area contributed by atoms with Crippen molar-refractivity contribution < 1.29 is 0 Å². The fraction of sp³-hybridized carbons (Fsp3) is 0.625. The Bertz CT molecular complexity index is 348. The molecular formula is C16H25N. The highest BCUT2D eigenvalue weighted by Gasteiger charge is 2.38. The molecule has 1 heterocycles. The third kappa shape index (κ3) is 2.40. The van der Waals surface area contributed by atoms with E-state index in [0.717, 1.165) is 6.54 Å². The van der Waals surface area contributed by atoms with Crippen LogP contribution >= 0.6 is 0 Å². The molecule has 1 nitrogen and oxygen atoms in total. The molecule has 1 aliphatic rings. The Kier molecular flexibility index (Phi) is 3.88. The maximum atomic E-state index is 3.57. The van der Waals surface area contributed by atoms with Gasteiger partial charge in [-0.2, -0.15) is 0 Å². The summed E-state index contributed by atoms with van der Waals surface area (Å²) in [5.74, 6) is 0.687. The quantitative estimate of drug-likeness (QED) is 0.832. The first kappa shape index (κ1) is 12.6. The van der Waals surface area contributed by atoms with Gasteiger partial charge in [-0.1, -0.05) is 43.7 Å². The van der Waals surface area contributed by atoms with Crippen LogP contribution in [-0.4, -0.2) is 13.1 Å². The van der Waals surface area contributed by atoms with Crippen LogP contribution in [-0.2, 0) is 0 Å². The smallest absolute Gasteiger partial charge is 0.00255 e. The first-order valence-corrected chi connectivity index (χ1v) is 6.99. The van der Waals surface area contributed by atoms with Gasteiger partial charge in [-0.3, -0.25) is 0 Å². The minimum absolute atomic E-state index is 0.514. The Balaban J connectivity index is 2.30. The highest BCUT2D eigenvalue weighted by molar-refractivity contribution is 5.27. The van der Waals surface area contributed by atoms with E-state index < -0.39 is 0 Å². The first-order valence-electron chi connectivity index (χ1n) is 6.99. The summed E-state index contributed by atoms with van der Waals surface area (Å²) in [6.07, 6.45) is 3.91. The third-order valence-electron chi connectivity index (χ3n) is 4.78. The van der Waals surface area contributed by atoms with E-state index in [4.69, 9.17) is 0 Å². The summed E-state index contributed by atoms with van der Waals surface area (Å²) >= 11 is 0. The standard InChI is InChI=1S/C16H25N/c1-4-16(5-2)10-11-17-12-15(16)14-8-6-13(3)7-9-14/h6-9,15,17H,4-5,10-12H2,1-3H3. The molecule has 1 aromatic carbocycles. The zero-order chi connectivity index (χ0) is 12.3. The zero-order valence-corrected chi connectivity index (χ0v) is 11.4. The molecule has 1 saturated heterocycles. The number of hydrogen-bond donors (Lipinski definition) is 1. The van der Waals surface area contributed by atoms with Crippen LogP contribution in [0.3, 0.4) is 0 Å². The van der Waals surface area contributed by atoms with Gasteiger partial charge in [-0.15, -0.1) is 0 Å². The SMILES string of the molecule is CCC1(CC)CCNCC1c1ccc(C)cc1. The molecule has 0 bridgehead atoms. The van der Waals surface area contributed by atoms with Crippen molar-refractivity contribution in [1.29, 1.82) is 0 Å². The molecule has 1 atom stereocenters. The van der Waals surface area contributed by atoms with Crippen molar-refractivity contribution in [3.63, 3.8) is 0 Å². The van der Waals surface area contributed by atoms with E-state index in [9.17, 15) is 0 Å². The van der Waals surface area contributed by atoms with E-state index in [1.54, 1.807) is 0 Å². The molecule has 2 rings (SSSR count). The molecular weight excluding hydrogens is 206 g/mol. The Hall–Kier alpha value is -0.820. The summed E-state index contributed by atoms with van der Waals surface area (Å²) in [7, 11) is 0. The molecule has 1 heteroatoms. The maximum absolute atomic E-state index is 3.57. The van der Waals surface area contributed by atoms with E-state index in [2.05, 4.69) is 50.4 Å². The van der Waals surface area contributed by atoms with Gasteiger partial charge in [0.2, 0.25) is 0 Å². The van der Waals surface area contributed by atoms with Gasteiger partial charge in [-0.25, -0.2) is 0 Å². The zero-order valence-electron chi connectivity index (χ0n) is 11.4. The van der Waals surface area contributed by atoms with Crippen molar-refractivity contribution in [2.75, 3.05) is 13.1 Å². The lowest BCUT2D eigenvalue weighted by Crippen LogP contribution is -2.43. The molecule has 1 fully saturated rings.